The third kappa shape index (κ3) is 1.92. The van der Waals surface area contributed by atoms with E-state index in [9.17, 15) is 4.79 Å². The van der Waals surface area contributed by atoms with E-state index in [1.807, 2.05) is 0 Å². The molecule has 1 aromatic carbocycles. The lowest BCUT2D eigenvalue weighted by Gasteiger charge is -2.04. The smallest absolute Gasteiger partial charge is 0.341 e. The number of fused-ring (bicyclic) bond motifs is 1. The number of hydrogen-bond donors (Lipinski definition) is 1. The fraction of sp³-hybridized carbons (Fsp3) is 0.200. The number of nitrogens with zero attached hydrogens (tertiary/aromatic N) is 1. The molecular formula is C10H8BrClN2O2. The maximum atomic E-state index is 11.7. The molecule has 1 aromatic heterocycles. The zero-order valence-corrected chi connectivity index (χ0v) is 10.7. The Labute approximate surface area is 105 Å². The minimum absolute atomic E-state index is 0.294. The number of carbonyl (C=O) groups excluding carboxylic acids is 1. The maximum Gasteiger partial charge on any atom is 0.341 e. The predicted molar refractivity (Wildman–Crippen MR) is 64.8 cm³/mol. The van der Waals surface area contributed by atoms with Gasteiger partial charge in [0.05, 0.1) is 17.1 Å². The molecule has 0 saturated heterocycles. The van der Waals surface area contributed by atoms with E-state index < -0.39 is 5.97 Å². The van der Waals surface area contributed by atoms with Gasteiger partial charge in [-0.2, -0.15) is 0 Å². The molecule has 1 heterocycles. The zero-order chi connectivity index (χ0) is 11.7. The van der Waals surface area contributed by atoms with Gasteiger partial charge in [0.25, 0.3) is 0 Å². The van der Waals surface area contributed by atoms with Crippen LogP contribution in [0, 0.1) is 0 Å². The molecule has 84 valence electrons. The molecule has 2 aromatic rings. The topological polar surface area (TPSA) is 55.0 Å². The van der Waals surface area contributed by atoms with Crippen molar-refractivity contribution in [2.24, 2.45) is 0 Å². The Hall–Kier alpha value is -1.07. The summed E-state index contributed by atoms with van der Waals surface area (Å²) in [4.78, 5) is 18.8. The van der Waals surface area contributed by atoms with E-state index in [-0.39, 0.29) is 0 Å². The number of H-pyrrole nitrogens is 1. The molecule has 1 N–H and O–H groups in total. The van der Waals surface area contributed by atoms with E-state index in [0.717, 1.165) is 5.52 Å². The number of esters is 1. The SMILES string of the molecule is CCOC(=O)c1c(Cl)ccc2[nH]c(Br)nc12. The standard InChI is InChI=1S/C10H8BrClN2O2/c1-2-16-9(15)7-5(12)3-4-6-8(7)14-10(11)13-6/h3-4H,2H2,1H3,(H,13,14). The van der Waals surface area contributed by atoms with Crippen LogP contribution in [-0.4, -0.2) is 22.5 Å². The molecule has 0 aliphatic rings. The van der Waals surface area contributed by atoms with Gasteiger partial charge in [-0.1, -0.05) is 11.6 Å². The largest absolute Gasteiger partial charge is 0.462 e. The normalized spacial score (nSPS) is 10.7. The number of nitrogens with one attached hydrogen (secondary N) is 1. The van der Waals surface area contributed by atoms with E-state index in [4.69, 9.17) is 16.3 Å². The highest BCUT2D eigenvalue weighted by molar-refractivity contribution is 9.10. The van der Waals surface area contributed by atoms with Crippen molar-refractivity contribution in [2.45, 2.75) is 6.92 Å². The first kappa shape index (κ1) is 11.4. The van der Waals surface area contributed by atoms with Crippen LogP contribution in [0.3, 0.4) is 0 Å². The Morgan fingerprint density at radius 3 is 3.06 bits per heavy atom. The maximum absolute atomic E-state index is 11.7. The van der Waals surface area contributed by atoms with Crippen LogP contribution in [0.25, 0.3) is 11.0 Å². The molecule has 0 saturated carbocycles. The van der Waals surface area contributed by atoms with E-state index in [1.165, 1.54) is 0 Å². The van der Waals surface area contributed by atoms with Gasteiger partial charge in [0.2, 0.25) is 0 Å². The second kappa shape index (κ2) is 4.43. The van der Waals surface area contributed by atoms with E-state index in [1.54, 1.807) is 19.1 Å². The lowest BCUT2D eigenvalue weighted by molar-refractivity contribution is 0.0528. The van der Waals surface area contributed by atoms with Gasteiger partial charge in [-0.05, 0) is 35.0 Å². The molecular weight excluding hydrogens is 295 g/mol. The van der Waals surface area contributed by atoms with Crippen molar-refractivity contribution in [2.75, 3.05) is 6.61 Å². The van der Waals surface area contributed by atoms with Crippen molar-refractivity contribution in [1.82, 2.24) is 9.97 Å². The Balaban J connectivity index is 2.65. The minimum Gasteiger partial charge on any atom is -0.462 e. The second-order valence-corrected chi connectivity index (χ2v) is 4.22. The average molecular weight is 304 g/mol. The molecule has 0 atom stereocenters. The number of halogens is 2. The zero-order valence-electron chi connectivity index (χ0n) is 8.38. The van der Waals surface area contributed by atoms with Crippen molar-refractivity contribution in [3.8, 4) is 0 Å². The minimum atomic E-state index is -0.461. The number of hydrogen-bond acceptors (Lipinski definition) is 3. The summed E-state index contributed by atoms with van der Waals surface area (Å²) in [7, 11) is 0. The molecule has 0 unspecified atom stereocenters. The monoisotopic (exact) mass is 302 g/mol. The summed E-state index contributed by atoms with van der Waals surface area (Å²) in [5, 5.41) is 0.338. The van der Waals surface area contributed by atoms with Crippen molar-refractivity contribution in [3.63, 3.8) is 0 Å². The van der Waals surface area contributed by atoms with Crippen LogP contribution in [0.15, 0.2) is 16.9 Å². The number of imidazole rings is 1. The predicted octanol–water partition coefficient (Wildman–Crippen LogP) is 3.16. The van der Waals surface area contributed by atoms with E-state index in [2.05, 4.69) is 25.9 Å². The van der Waals surface area contributed by atoms with Crippen LogP contribution >= 0.6 is 27.5 Å². The lowest BCUT2D eigenvalue weighted by Crippen LogP contribution is -2.06. The summed E-state index contributed by atoms with van der Waals surface area (Å²) in [5.74, 6) is -0.461. The number of benzene rings is 1. The van der Waals surface area contributed by atoms with Gasteiger partial charge in [0.1, 0.15) is 11.1 Å². The molecule has 6 heteroatoms. The van der Waals surface area contributed by atoms with Crippen LogP contribution in [-0.2, 0) is 4.74 Å². The van der Waals surface area contributed by atoms with Crippen LogP contribution in [0.2, 0.25) is 5.02 Å². The first-order chi connectivity index (χ1) is 7.63. The van der Waals surface area contributed by atoms with Gasteiger partial charge in [0, 0.05) is 0 Å². The van der Waals surface area contributed by atoms with Crippen LogP contribution in [0.1, 0.15) is 17.3 Å². The highest BCUT2D eigenvalue weighted by Crippen LogP contribution is 2.26. The quantitative estimate of drug-likeness (QED) is 0.867. The fourth-order valence-electron chi connectivity index (χ4n) is 1.42. The fourth-order valence-corrected chi connectivity index (χ4v) is 2.04. The highest BCUT2D eigenvalue weighted by Gasteiger charge is 2.18. The highest BCUT2D eigenvalue weighted by atomic mass is 79.9. The summed E-state index contributed by atoms with van der Waals surface area (Å²) < 4.78 is 5.48. The first-order valence-corrected chi connectivity index (χ1v) is 5.81. The summed E-state index contributed by atoms with van der Waals surface area (Å²) in [6, 6.07) is 3.40. The second-order valence-electron chi connectivity index (χ2n) is 3.07. The Kier molecular flexibility index (Phi) is 3.16. The van der Waals surface area contributed by atoms with Crippen LogP contribution in [0.5, 0.6) is 0 Å². The molecule has 2 rings (SSSR count). The molecule has 0 fully saturated rings. The summed E-state index contributed by atoms with van der Waals surface area (Å²) in [6.45, 7) is 2.05. The number of aromatic amines is 1. The number of rotatable bonds is 2. The average Bonchev–Trinajstić information content (AvgIpc) is 2.58. The van der Waals surface area contributed by atoms with Gasteiger partial charge in [-0.3, -0.25) is 0 Å². The number of carbonyl (C=O) groups is 1. The van der Waals surface area contributed by atoms with Crippen LogP contribution < -0.4 is 0 Å². The van der Waals surface area contributed by atoms with Crippen LogP contribution in [0.4, 0.5) is 0 Å². The Morgan fingerprint density at radius 2 is 2.38 bits per heavy atom. The van der Waals surface area contributed by atoms with Crippen molar-refractivity contribution in [3.05, 3.63) is 27.5 Å². The third-order valence-corrected chi connectivity index (χ3v) is 2.74. The van der Waals surface area contributed by atoms with Crippen molar-refractivity contribution >= 4 is 44.5 Å². The third-order valence-electron chi connectivity index (χ3n) is 2.05. The Morgan fingerprint density at radius 1 is 1.62 bits per heavy atom. The molecule has 0 aliphatic carbocycles. The van der Waals surface area contributed by atoms with Gasteiger partial charge < -0.3 is 9.72 Å². The lowest BCUT2D eigenvalue weighted by atomic mass is 10.2. The molecule has 0 amide bonds. The van der Waals surface area contributed by atoms with Crippen molar-refractivity contribution < 1.29 is 9.53 Å². The summed E-state index contributed by atoms with van der Waals surface area (Å²) in [6.07, 6.45) is 0. The summed E-state index contributed by atoms with van der Waals surface area (Å²) >= 11 is 9.18. The molecule has 0 radical (unpaired) electrons. The molecule has 4 nitrogen and oxygen atoms in total. The number of ether oxygens (including phenoxy) is 1. The molecule has 0 bridgehead atoms. The van der Waals surface area contributed by atoms with Gasteiger partial charge in [0.15, 0.2) is 4.73 Å². The van der Waals surface area contributed by atoms with Gasteiger partial charge in [-0.15, -0.1) is 0 Å². The van der Waals surface area contributed by atoms with Gasteiger partial charge >= 0.3 is 5.97 Å². The van der Waals surface area contributed by atoms with Crippen molar-refractivity contribution in [1.29, 1.82) is 0 Å². The number of aromatic nitrogens is 2. The molecule has 0 aliphatic heterocycles. The molecule has 0 spiro atoms. The summed E-state index contributed by atoms with van der Waals surface area (Å²) in [5.41, 5.74) is 1.54. The Bertz CT molecular complexity index is 553. The first-order valence-electron chi connectivity index (χ1n) is 4.64. The van der Waals surface area contributed by atoms with E-state index >= 15 is 0 Å². The van der Waals surface area contributed by atoms with Gasteiger partial charge in [-0.25, -0.2) is 9.78 Å². The molecule has 16 heavy (non-hydrogen) atoms. The van der Waals surface area contributed by atoms with E-state index in [0.29, 0.717) is 27.4 Å².